The summed E-state index contributed by atoms with van der Waals surface area (Å²) in [4.78, 5) is 0. The Morgan fingerprint density at radius 1 is 0.578 bits per heavy atom. The molecule has 2 heterocycles. The fourth-order valence-corrected chi connectivity index (χ4v) is 9.27. The van der Waals surface area contributed by atoms with E-state index in [0.29, 0.717) is 5.92 Å². The van der Waals surface area contributed by atoms with Crippen LogP contribution in [0.25, 0.3) is 85.3 Å². The highest BCUT2D eigenvalue weighted by atomic mass is 15.0. The lowest BCUT2D eigenvalue weighted by Crippen LogP contribution is -2.27. The molecule has 2 aliphatic carbocycles. The van der Waals surface area contributed by atoms with Gasteiger partial charge in [-0.1, -0.05) is 188 Å². The average molecular weight is 837 g/mol. The third-order valence-electron chi connectivity index (χ3n) is 12.1. The van der Waals surface area contributed by atoms with Crippen LogP contribution >= 0.6 is 0 Å². The van der Waals surface area contributed by atoms with Gasteiger partial charge in [0.15, 0.2) is 0 Å². The Bertz CT molecular complexity index is 3050. The standard InChI is InChI=1S/C48H38N2.C10H14.2C2H6/c1-3-14-45-41(4-2)42-20-13-22-47(42)49(45)39-26-23-35(24-27-39)36-25-28-48-44(32-36)43-19-11-12-21-46(43)50(48)40-30-37(33-15-7-5-8-16-33)29-38(31-40)34-17-9-6-10-18-34;1-8(2)10-7-5-4-6-9(10)3;2*1-2/h3-12,14-23,25-26,28-32H,2,13,24,27H2,1H3;4-8H,1-3H3;2*1-2H3/b14-3-;;;. The fraction of sp³-hybridized carbons (Fsp3) is 0.194. The summed E-state index contributed by atoms with van der Waals surface area (Å²) >= 11 is 0. The molecular weight excluding hydrogens is 773 g/mol. The Labute approximate surface area is 382 Å². The maximum absolute atomic E-state index is 4.15. The van der Waals surface area contributed by atoms with Crippen LogP contribution in [-0.2, 0) is 0 Å². The van der Waals surface area contributed by atoms with Gasteiger partial charge < -0.3 is 9.13 Å². The molecule has 0 bridgehead atoms. The lowest BCUT2D eigenvalue weighted by Gasteiger charge is -2.19. The SMILES string of the molecule is C=Cc1c(/C=C\C)n(C2=CC=C(c3ccc4c(c3)c3ccccc3n4-c3cc(-c4ccccc4)cc(-c4ccccc4)c3)CC2)c2c1=CCC=2.CC.CC.Cc1ccccc1C(C)C. The predicted octanol–water partition coefficient (Wildman–Crippen LogP) is 16.4. The minimum absolute atomic E-state index is 0.654. The molecular formula is C62H64N2. The molecule has 2 aliphatic rings. The molecule has 0 saturated carbocycles. The zero-order valence-corrected chi connectivity index (χ0v) is 39.2. The molecule has 2 nitrogen and oxygen atoms in total. The Kier molecular flexibility index (Phi) is 14.8. The van der Waals surface area contributed by atoms with E-state index >= 15 is 0 Å². The van der Waals surface area contributed by atoms with Crippen molar-refractivity contribution in [1.29, 1.82) is 0 Å². The first kappa shape index (κ1) is 45.1. The van der Waals surface area contributed by atoms with Gasteiger partial charge in [-0.3, -0.25) is 0 Å². The molecule has 8 aromatic rings. The number of aryl methyl sites for hydroxylation is 1. The fourth-order valence-electron chi connectivity index (χ4n) is 9.27. The van der Waals surface area contributed by atoms with Crippen LogP contribution in [-0.4, -0.2) is 9.13 Å². The zero-order valence-electron chi connectivity index (χ0n) is 39.2. The number of allylic oxidation sites excluding steroid dienone is 5. The van der Waals surface area contributed by atoms with Crippen molar-refractivity contribution in [3.63, 3.8) is 0 Å². The molecule has 0 saturated heterocycles. The van der Waals surface area contributed by atoms with Crippen molar-refractivity contribution in [3.05, 3.63) is 209 Å². The Hall–Kier alpha value is -6.90. The van der Waals surface area contributed by atoms with Gasteiger partial charge in [0.05, 0.1) is 16.7 Å². The third kappa shape index (κ3) is 9.10. The molecule has 64 heavy (non-hydrogen) atoms. The second-order valence-corrected chi connectivity index (χ2v) is 16.2. The molecule has 10 rings (SSSR count). The number of hydrogen-bond acceptors (Lipinski definition) is 0. The smallest absolute Gasteiger partial charge is 0.0541 e. The van der Waals surface area contributed by atoms with Crippen molar-refractivity contribution in [2.45, 2.75) is 80.6 Å². The quantitative estimate of drug-likeness (QED) is 0.144. The maximum Gasteiger partial charge on any atom is 0.0541 e. The normalized spacial score (nSPS) is 12.8. The van der Waals surface area contributed by atoms with E-state index < -0.39 is 0 Å². The third-order valence-corrected chi connectivity index (χ3v) is 12.1. The Balaban J connectivity index is 0.000000382. The summed E-state index contributed by atoms with van der Waals surface area (Å²) in [5.41, 5.74) is 17.8. The first-order valence-corrected chi connectivity index (χ1v) is 23.4. The van der Waals surface area contributed by atoms with E-state index in [0.717, 1.165) is 24.9 Å². The maximum atomic E-state index is 4.15. The molecule has 2 aromatic heterocycles. The molecule has 6 aromatic carbocycles. The molecule has 0 aliphatic heterocycles. The molecule has 0 atom stereocenters. The topological polar surface area (TPSA) is 9.86 Å². The van der Waals surface area contributed by atoms with E-state index in [1.807, 2.05) is 33.8 Å². The van der Waals surface area contributed by atoms with E-state index in [1.165, 1.54) is 93.8 Å². The van der Waals surface area contributed by atoms with E-state index in [4.69, 9.17) is 0 Å². The molecule has 0 spiro atoms. The minimum Gasteiger partial charge on any atom is -0.313 e. The van der Waals surface area contributed by atoms with E-state index in [9.17, 15) is 0 Å². The van der Waals surface area contributed by atoms with Crippen LogP contribution in [0.2, 0.25) is 0 Å². The lowest BCUT2D eigenvalue weighted by molar-refractivity contribution is 0.856. The second-order valence-electron chi connectivity index (χ2n) is 16.2. The monoisotopic (exact) mass is 837 g/mol. The minimum atomic E-state index is 0.654. The van der Waals surface area contributed by atoms with Crippen molar-refractivity contribution >= 4 is 57.4 Å². The van der Waals surface area contributed by atoms with Crippen molar-refractivity contribution in [3.8, 4) is 27.9 Å². The van der Waals surface area contributed by atoms with Gasteiger partial charge in [0.2, 0.25) is 0 Å². The Morgan fingerprint density at radius 2 is 1.20 bits per heavy atom. The summed E-state index contributed by atoms with van der Waals surface area (Å²) in [5.74, 6) is 0.654. The predicted molar refractivity (Wildman–Crippen MR) is 283 cm³/mol. The van der Waals surface area contributed by atoms with E-state index in [1.54, 1.807) is 0 Å². The van der Waals surface area contributed by atoms with Crippen LogP contribution in [0.5, 0.6) is 0 Å². The van der Waals surface area contributed by atoms with Crippen LogP contribution in [0.15, 0.2) is 170 Å². The van der Waals surface area contributed by atoms with Crippen LogP contribution in [0.1, 0.15) is 102 Å². The highest BCUT2D eigenvalue weighted by Crippen LogP contribution is 2.38. The van der Waals surface area contributed by atoms with Crippen LogP contribution in [0.3, 0.4) is 0 Å². The molecule has 2 heteroatoms. The van der Waals surface area contributed by atoms with Gasteiger partial charge in [-0.05, 0) is 132 Å². The number of rotatable bonds is 8. The highest BCUT2D eigenvalue weighted by Gasteiger charge is 2.20. The molecule has 0 unspecified atom stereocenters. The van der Waals surface area contributed by atoms with Crippen LogP contribution in [0, 0.1) is 6.92 Å². The van der Waals surface area contributed by atoms with Gasteiger partial charge in [-0.15, -0.1) is 0 Å². The van der Waals surface area contributed by atoms with Gasteiger partial charge in [0, 0.05) is 38.3 Å². The summed E-state index contributed by atoms with van der Waals surface area (Å²) in [6, 6.07) is 52.8. The first-order chi connectivity index (χ1) is 31.4. The van der Waals surface area contributed by atoms with E-state index in [2.05, 4.69) is 225 Å². The number of hydrogen-bond donors (Lipinski definition) is 0. The summed E-state index contributed by atoms with van der Waals surface area (Å²) in [7, 11) is 0. The highest BCUT2D eigenvalue weighted by molar-refractivity contribution is 6.10. The van der Waals surface area contributed by atoms with Crippen LogP contribution < -0.4 is 10.6 Å². The molecule has 0 fully saturated rings. The molecule has 0 N–H and O–H groups in total. The summed E-state index contributed by atoms with van der Waals surface area (Å²) in [6.07, 6.45) is 18.7. The van der Waals surface area contributed by atoms with E-state index in [-0.39, 0.29) is 0 Å². The Morgan fingerprint density at radius 3 is 1.80 bits per heavy atom. The summed E-state index contributed by atoms with van der Waals surface area (Å²) < 4.78 is 4.90. The molecule has 0 amide bonds. The summed E-state index contributed by atoms with van der Waals surface area (Å²) in [5, 5.41) is 5.17. The van der Waals surface area contributed by atoms with Gasteiger partial charge in [-0.25, -0.2) is 0 Å². The van der Waals surface area contributed by atoms with Crippen LogP contribution in [0.4, 0.5) is 0 Å². The number of para-hydroxylation sites is 1. The lowest BCUT2D eigenvalue weighted by atomic mass is 9.94. The van der Waals surface area contributed by atoms with Gasteiger partial charge in [0.1, 0.15) is 0 Å². The molecule has 0 radical (unpaired) electrons. The van der Waals surface area contributed by atoms with Crippen molar-refractivity contribution in [2.24, 2.45) is 0 Å². The number of aromatic nitrogens is 2. The largest absolute Gasteiger partial charge is 0.313 e. The van der Waals surface area contributed by atoms with Gasteiger partial charge in [0.25, 0.3) is 0 Å². The average Bonchev–Trinajstić information content (AvgIpc) is 4.05. The first-order valence-electron chi connectivity index (χ1n) is 23.4. The number of fused-ring (bicyclic) bond motifs is 4. The van der Waals surface area contributed by atoms with Gasteiger partial charge >= 0.3 is 0 Å². The molecule has 322 valence electrons. The van der Waals surface area contributed by atoms with Crippen molar-refractivity contribution in [2.75, 3.05) is 0 Å². The second kappa shape index (κ2) is 21.0. The summed E-state index contributed by atoms with van der Waals surface area (Å²) in [6.45, 7) is 20.9. The van der Waals surface area contributed by atoms with Crippen molar-refractivity contribution < 1.29 is 0 Å². The number of nitrogens with zero attached hydrogens (tertiary/aromatic N) is 2. The zero-order chi connectivity index (χ0) is 45.2. The number of benzene rings is 6. The van der Waals surface area contributed by atoms with Crippen molar-refractivity contribution in [1.82, 2.24) is 9.13 Å². The van der Waals surface area contributed by atoms with Gasteiger partial charge in [-0.2, -0.15) is 0 Å².